The number of nitrogens with one attached hydrogen (secondary N) is 10. The van der Waals surface area contributed by atoms with Crippen LogP contribution in [0.5, 0.6) is 0 Å². The molecule has 26 heteroatoms. The molecular formula is C79H148N16O10. The van der Waals surface area contributed by atoms with Crippen molar-refractivity contribution in [1.29, 1.82) is 0 Å². The summed E-state index contributed by atoms with van der Waals surface area (Å²) in [6.07, 6.45) is 13.1. The summed E-state index contributed by atoms with van der Waals surface area (Å²) in [7, 11) is 8.19. The third-order valence-electron chi connectivity index (χ3n) is 21.5. The Balaban J connectivity index is 0.000000307. The maximum absolute atomic E-state index is 11.6. The number of carbonyl (C=O) groups excluding carboxylic acids is 10. The molecule has 11 aliphatic rings. The van der Waals surface area contributed by atoms with Crippen molar-refractivity contribution in [3.05, 3.63) is 12.3 Å². The average molecular weight is 1480 g/mol. The van der Waals surface area contributed by atoms with Crippen molar-refractivity contribution >= 4 is 58.8 Å². The van der Waals surface area contributed by atoms with Gasteiger partial charge in [0.05, 0.1) is 10.8 Å². The lowest BCUT2D eigenvalue weighted by molar-refractivity contribution is -0.138. The highest BCUT2D eigenvalue weighted by Crippen LogP contribution is 2.39. The van der Waals surface area contributed by atoms with Crippen LogP contribution in [0.1, 0.15) is 227 Å². The lowest BCUT2D eigenvalue weighted by Gasteiger charge is -2.47. The van der Waals surface area contributed by atoms with Crippen LogP contribution in [-0.4, -0.2) is 273 Å². The number of hydrogen-bond acceptors (Lipinski definition) is 20. The maximum Gasteiger partial charge on any atom is 0.235 e. The first-order valence-corrected chi connectivity index (χ1v) is 39.8. The SMILES string of the molecule is C=C1CCC(CNC(C)C)N1C.CC(C)N(C)C1CNC(=O)C1.CC(C)N(C)CC1CCC(=O)C1.CC(C)N1CC2(CC(=O)NC2=O)C1.CC(C)N1CCC2(CC(=O)NC2=O)C1.CC(C)NC1CC(=O)N(C)C1.CC(C)NC1CCC(=O)NC1.CC(C)NC1CNC(=O)C1.CC(C)NCC1CCC(=O)C1. The molecule has 10 N–H and O–H groups in total. The first-order valence-electron chi connectivity index (χ1n) is 39.8. The van der Waals surface area contributed by atoms with E-state index in [1.54, 1.807) is 4.90 Å². The van der Waals surface area contributed by atoms with E-state index in [2.05, 4.69) is 230 Å². The Morgan fingerprint density at radius 3 is 1.36 bits per heavy atom. The topological polar surface area (TPSA) is 310 Å². The number of Topliss-reactive ketones (excluding diaryl/α,β-unsaturated/α-hetero) is 2. The van der Waals surface area contributed by atoms with Gasteiger partial charge >= 0.3 is 0 Å². The van der Waals surface area contributed by atoms with Gasteiger partial charge in [0.15, 0.2) is 0 Å². The van der Waals surface area contributed by atoms with E-state index in [1.807, 2.05) is 7.05 Å². The van der Waals surface area contributed by atoms with E-state index >= 15 is 0 Å². The van der Waals surface area contributed by atoms with Crippen LogP contribution in [-0.2, 0) is 47.9 Å². The molecule has 2 aliphatic carbocycles. The fourth-order valence-corrected chi connectivity index (χ4v) is 14.4. The number of rotatable bonds is 19. The Kier molecular flexibility index (Phi) is 41.4. The standard InChI is InChI=1S/C10H16N2O2.C10H20N2.C10H19NO.C9H14N2O2.C9H17NO.3C8H16N2O.C7H14N2O/c1-7(2)12-4-3-10(6-12)5-8(13)11-9(10)14;1-8(2)11-7-10-6-5-9(3)12(10)4;1-8(2)11(3)7-9-4-5-10(12)6-9;1-6(2)11-4-9(5-11)3-7(12)10-8(9)13;1-7(2)10-6-8-3-4-9(11)5-8;1-6(2)9-7-4-8(11)10(3)5-7;1-6(2)10(3)7-4-8(11)9-5-7;1-6(2)10-7-3-4-8(11)9-5-7;1-5(2)9-6-3-7(10)8-4-6/h7H,3-6H2,1-2H3,(H,11,13,14);8,10-11H,3,5-7H2,1-2,4H3;8-9H,4-7H2,1-3H3;6H,3-5H2,1-2H3,(H,10,12,13);7-8,10H,3-6H2,1-2H3;6-7,9H,4-5H2,1-3H3;6-7H,4-5H2,1-3H3,(H,9,11);6-7,10H,3-5H2,1-2H3,(H,9,11);5-6,9H,3-4H2,1-2H3,(H,8,10). The fourth-order valence-electron chi connectivity index (χ4n) is 14.4. The maximum atomic E-state index is 11.6. The quantitative estimate of drug-likeness (QED) is 0.0754. The van der Waals surface area contributed by atoms with E-state index in [1.165, 1.54) is 18.5 Å². The Labute approximate surface area is 633 Å². The van der Waals surface area contributed by atoms with Crippen LogP contribution in [0.3, 0.4) is 0 Å². The highest BCUT2D eigenvalue weighted by atomic mass is 16.2. The summed E-state index contributed by atoms with van der Waals surface area (Å²) < 4.78 is 0. The van der Waals surface area contributed by atoms with E-state index in [0.717, 1.165) is 123 Å². The van der Waals surface area contributed by atoms with Gasteiger partial charge in [-0.15, -0.1) is 0 Å². The van der Waals surface area contributed by atoms with E-state index in [0.29, 0.717) is 147 Å². The Hall–Kier alpha value is -5.32. The predicted octanol–water partition coefficient (Wildman–Crippen LogP) is 5.08. The third-order valence-corrected chi connectivity index (χ3v) is 21.5. The van der Waals surface area contributed by atoms with E-state index in [-0.39, 0.29) is 52.7 Å². The summed E-state index contributed by atoms with van der Waals surface area (Å²) in [6.45, 7) is 52.0. The summed E-state index contributed by atoms with van der Waals surface area (Å²) in [5.74, 6) is 2.57. The molecular weight excluding hydrogens is 1330 g/mol. The second-order valence-corrected chi connectivity index (χ2v) is 34.1. The molecule has 2 spiro atoms. The predicted molar refractivity (Wildman–Crippen MR) is 420 cm³/mol. The molecule has 26 nitrogen and oxygen atoms in total. The van der Waals surface area contributed by atoms with Crippen LogP contribution in [0.2, 0.25) is 0 Å². The van der Waals surface area contributed by atoms with Crippen molar-refractivity contribution in [2.75, 3.05) is 100 Å². The molecule has 105 heavy (non-hydrogen) atoms. The number of likely N-dealkylation sites (tertiary alicyclic amines) is 4. The second-order valence-electron chi connectivity index (χ2n) is 34.1. The monoisotopic (exact) mass is 1480 g/mol. The smallest absolute Gasteiger partial charge is 0.235 e. The van der Waals surface area contributed by atoms with Crippen molar-refractivity contribution in [2.45, 2.75) is 312 Å². The molecule has 2 saturated carbocycles. The van der Waals surface area contributed by atoms with E-state index < -0.39 is 5.41 Å². The van der Waals surface area contributed by atoms with Crippen LogP contribution in [0.15, 0.2) is 12.3 Å². The van der Waals surface area contributed by atoms with Crippen LogP contribution < -0.4 is 53.2 Å². The van der Waals surface area contributed by atoms with Gasteiger partial charge in [0.1, 0.15) is 11.6 Å². The summed E-state index contributed by atoms with van der Waals surface area (Å²) in [5, 5.41) is 30.0. The van der Waals surface area contributed by atoms with Gasteiger partial charge in [-0.05, 0) is 133 Å². The molecule has 0 aromatic heterocycles. The van der Waals surface area contributed by atoms with Crippen molar-refractivity contribution in [1.82, 2.24) is 82.6 Å². The van der Waals surface area contributed by atoms with Gasteiger partial charge in [-0.3, -0.25) is 73.3 Å². The molecule has 8 amide bonds. The number of amides is 8. The minimum atomic E-state index is -0.401. The average Bonchev–Trinajstić information content (AvgIpc) is 1.66. The molecule has 9 heterocycles. The molecule has 9 aliphatic heterocycles. The van der Waals surface area contributed by atoms with Crippen molar-refractivity contribution in [3.63, 3.8) is 0 Å². The first kappa shape index (κ1) is 93.9. The molecule has 11 fully saturated rings. The molecule has 11 rings (SSSR count). The molecule has 0 radical (unpaired) electrons. The Morgan fingerprint density at radius 1 is 0.486 bits per heavy atom. The number of piperidine rings is 1. The van der Waals surface area contributed by atoms with Crippen molar-refractivity contribution in [3.8, 4) is 0 Å². The summed E-state index contributed by atoms with van der Waals surface area (Å²) in [5.41, 5.74) is 0.508. The number of imide groups is 2. The van der Waals surface area contributed by atoms with Crippen LogP contribution in [0.4, 0.5) is 0 Å². The minimum absolute atomic E-state index is 0.0642. The lowest BCUT2D eigenvalue weighted by Crippen LogP contribution is -2.61. The van der Waals surface area contributed by atoms with Gasteiger partial charge in [-0.1, -0.05) is 75.8 Å². The minimum Gasteiger partial charge on any atom is -0.374 e. The molecule has 0 bridgehead atoms. The van der Waals surface area contributed by atoms with Gasteiger partial charge in [-0.2, -0.15) is 0 Å². The molecule has 9 saturated heterocycles. The van der Waals surface area contributed by atoms with E-state index in [9.17, 15) is 47.9 Å². The summed E-state index contributed by atoms with van der Waals surface area (Å²) in [6, 6.07) is 6.90. The first-order chi connectivity index (χ1) is 49.0. The molecule has 604 valence electrons. The summed E-state index contributed by atoms with van der Waals surface area (Å²) >= 11 is 0. The van der Waals surface area contributed by atoms with Crippen LogP contribution >= 0.6 is 0 Å². The number of nitrogens with zero attached hydrogens (tertiary/aromatic N) is 6. The fraction of sp³-hybridized carbons (Fsp3) is 0.848. The molecule has 8 atom stereocenters. The largest absolute Gasteiger partial charge is 0.374 e. The normalized spacial score (nSPS) is 26.3. The Bertz CT molecular complexity index is 2740. The highest BCUT2D eigenvalue weighted by Gasteiger charge is 2.55. The summed E-state index contributed by atoms with van der Waals surface area (Å²) in [4.78, 5) is 123. The molecule has 0 aromatic rings. The number of allylic oxidation sites excluding steroid dienone is 1. The highest BCUT2D eigenvalue weighted by molar-refractivity contribution is 6.07. The third kappa shape index (κ3) is 34.9. The van der Waals surface area contributed by atoms with Gasteiger partial charge in [0, 0.05) is 227 Å². The zero-order chi connectivity index (χ0) is 79.2. The van der Waals surface area contributed by atoms with Gasteiger partial charge in [0.2, 0.25) is 47.3 Å². The molecule has 8 unspecified atom stereocenters. The zero-order valence-electron chi connectivity index (χ0n) is 69.3. The van der Waals surface area contributed by atoms with E-state index in [4.69, 9.17) is 0 Å². The van der Waals surface area contributed by atoms with Crippen molar-refractivity contribution < 1.29 is 47.9 Å². The number of ketones is 2. The molecule has 0 aromatic carbocycles. The van der Waals surface area contributed by atoms with Crippen molar-refractivity contribution in [2.24, 2.45) is 22.7 Å². The number of carbonyl (C=O) groups is 10. The number of hydrogen-bond donors (Lipinski definition) is 10. The van der Waals surface area contributed by atoms with Gasteiger partial charge in [0.25, 0.3) is 0 Å². The van der Waals surface area contributed by atoms with Gasteiger partial charge in [-0.25, -0.2) is 0 Å². The van der Waals surface area contributed by atoms with Crippen LogP contribution in [0, 0.1) is 22.7 Å². The van der Waals surface area contributed by atoms with Gasteiger partial charge < -0.3 is 57.2 Å². The Morgan fingerprint density at radius 2 is 0.971 bits per heavy atom. The lowest BCUT2D eigenvalue weighted by atomic mass is 9.77. The number of likely N-dealkylation sites (N-methyl/N-ethyl adjacent to an activating group) is 3. The van der Waals surface area contributed by atoms with Crippen LogP contribution in [0.25, 0.3) is 0 Å². The second kappa shape index (κ2) is 46.3. The zero-order valence-corrected chi connectivity index (χ0v) is 69.3.